The fraction of sp³-hybridized carbons (Fsp3) is 0.286. The molecule has 1 aromatic rings. The Morgan fingerprint density at radius 1 is 1.25 bits per heavy atom. The van der Waals surface area contributed by atoms with Gasteiger partial charge in [0.2, 0.25) is 0 Å². The summed E-state index contributed by atoms with van der Waals surface area (Å²) in [5.74, 6) is -3.06. The zero-order valence-electron chi connectivity index (χ0n) is 11.1. The highest BCUT2D eigenvalue weighted by molar-refractivity contribution is 6.19. The number of halogens is 2. The van der Waals surface area contributed by atoms with Gasteiger partial charge in [-0.2, -0.15) is 0 Å². The summed E-state index contributed by atoms with van der Waals surface area (Å²) in [6.07, 6.45) is 1.03. The van der Waals surface area contributed by atoms with Crippen LogP contribution >= 0.6 is 0 Å². The number of hydrogen-bond acceptors (Lipinski definition) is 4. The Labute approximate surface area is 115 Å². The highest BCUT2D eigenvalue weighted by atomic mass is 19.1. The standard InChI is InChI=1S/C14H14F2O4/c1-9(17)12(14(18)20-6-5-19-2)7-10-3-4-11(15)8-13(10)16/h3-4,7-8H,5-6H2,1-2H3. The monoisotopic (exact) mass is 284 g/mol. The molecule has 0 bridgehead atoms. The quantitative estimate of drug-likeness (QED) is 0.264. The number of Topliss-reactive ketones (excluding diaryl/α,β-unsaturated/α-hetero) is 1. The summed E-state index contributed by atoms with van der Waals surface area (Å²) >= 11 is 0. The number of esters is 1. The number of methoxy groups -OCH3 is 1. The van der Waals surface area contributed by atoms with Crippen LogP contribution in [0.4, 0.5) is 8.78 Å². The molecule has 0 spiro atoms. The number of hydrogen-bond donors (Lipinski definition) is 0. The zero-order valence-corrected chi connectivity index (χ0v) is 11.1. The summed E-state index contributed by atoms with van der Waals surface area (Å²) in [5.41, 5.74) is -0.382. The second kappa shape index (κ2) is 7.49. The van der Waals surface area contributed by atoms with Crippen molar-refractivity contribution in [2.45, 2.75) is 6.92 Å². The summed E-state index contributed by atoms with van der Waals surface area (Å²) in [6, 6.07) is 2.83. The maximum absolute atomic E-state index is 13.5. The number of carbonyl (C=O) groups excluding carboxylic acids is 2. The number of rotatable bonds is 6. The number of carbonyl (C=O) groups is 2. The zero-order chi connectivity index (χ0) is 15.1. The molecule has 0 atom stereocenters. The maximum Gasteiger partial charge on any atom is 0.341 e. The molecule has 20 heavy (non-hydrogen) atoms. The van der Waals surface area contributed by atoms with Gasteiger partial charge in [-0.25, -0.2) is 13.6 Å². The lowest BCUT2D eigenvalue weighted by Crippen LogP contribution is -2.16. The largest absolute Gasteiger partial charge is 0.460 e. The van der Waals surface area contributed by atoms with E-state index in [1.165, 1.54) is 7.11 Å². The van der Waals surface area contributed by atoms with E-state index in [0.717, 1.165) is 25.1 Å². The Morgan fingerprint density at radius 2 is 1.95 bits per heavy atom. The Bertz CT molecular complexity index is 538. The summed E-state index contributed by atoms with van der Waals surface area (Å²) in [4.78, 5) is 23.1. The lowest BCUT2D eigenvalue weighted by Gasteiger charge is -2.06. The van der Waals surface area contributed by atoms with Crippen LogP contribution in [-0.2, 0) is 19.1 Å². The van der Waals surface area contributed by atoms with Crippen molar-refractivity contribution in [3.8, 4) is 0 Å². The third kappa shape index (κ3) is 4.55. The normalized spacial score (nSPS) is 11.3. The van der Waals surface area contributed by atoms with Gasteiger partial charge in [-0.05, 0) is 25.1 Å². The van der Waals surface area contributed by atoms with E-state index >= 15 is 0 Å². The van der Waals surface area contributed by atoms with Crippen LogP contribution in [0.5, 0.6) is 0 Å². The van der Waals surface area contributed by atoms with Gasteiger partial charge >= 0.3 is 5.97 Å². The minimum atomic E-state index is -0.877. The van der Waals surface area contributed by atoms with E-state index in [2.05, 4.69) is 0 Å². The Hall–Kier alpha value is -2.08. The molecular weight excluding hydrogens is 270 g/mol. The SMILES string of the molecule is COCCOC(=O)C(=Cc1ccc(F)cc1F)C(C)=O. The highest BCUT2D eigenvalue weighted by Gasteiger charge is 2.17. The Morgan fingerprint density at radius 3 is 2.50 bits per heavy atom. The van der Waals surface area contributed by atoms with Crippen LogP contribution in [0.2, 0.25) is 0 Å². The molecule has 0 aliphatic rings. The number of ketones is 1. The van der Waals surface area contributed by atoms with Gasteiger partial charge < -0.3 is 9.47 Å². The van der Waals surface area contributed by atoms with Crippen molar-refractivity contribution in [3.05, 3.63) is 41.0 Å². The topological polar surface area (TPSA) is 52.6 Å². The van der Waals surface area contributed by atoms with Gasteiger partial charge in [0.25, 0.3) is 0 Å². The van der Waals surface area contributed by atoms with Crippen molar-refractivity contribution in [1.82, 2.24) is 0 Å². The van der Waals surface area contributed by atoms with E-state index in [-0.39, 0.29) is 24.4 Å². The van der Waals surface area contributed by atoms with Crippen molar-refractivity contribution < 1.29 is 27.8 Å². The van der Waals surface area contributed by atoms with Gasteiger partial charge in [0.15, 0.2) is 5.78 Å². The molecular formula is C14H14F2O4. The van der Waals surface area contributed by atoms with E-state index in [0.29, 0.717) is 6.07 Å². The molecule has 0 radical (unpaired) electrons. The predicted octanol–water partition coefficient (Wildman–Crippen LogP) is 2.13. The van der Waals surface area contributed by atoms with Crippen LogP contribution < -0.4 is 0 Å². The molecule has 4 nitrogen and oxygen atoms in total. The van der Waals surface area contributed by atoms with Gasteiger partial charge in [0.05, 0.1) is 6.61 Å². The summed E-state index contributed by atoms with van der Waals surface area (Å²) in [7, 11) is 1.43. The lowest BCUT2D eigenvalue weighted by molar-refractivity contribution is -0.141. The Kier molecular flexibility index (Phi) is 5.99. The van der Waals surface area contributed by atoms with Gasteiger partial charge in [-0.1, -0.05) is 0 Å². The van der Waals surface area contributed by atoms with Crippen LogP contribution in [0.15, 0.2) is 23.8 Å². The fourth-order valence-electron chi connectivity index (χ4n) is 1.37. The summed E-state index contributed by atoms with van der Waals surface area (Å²) in [5, 5.41) is 0. The fourth-order valence-corrected chi connectivity index (χ4v) is 1.37. The molecule has 0 unspecified atom stereocenters. The highest BCUT2D eigenvalue weighted by Crippen LogP contribution is 2.15. The van der Waals surface area contributed by atoms with Crippen molar-refractivity contribution in [2.24, 2.45) is 0 Å². The molecule has 108 valence electrons. The first-order valence-electron chi connectivity index (χ1n) is 5.79. The molecule has 0 N–H and O–H groups in total. The van der Waals surface area contributed by atoms with Gasteiger partial charge in [0, 0.05) is 18.7 Å². The molecule has 1 rings (SSSR count). The molecule has 0 fully saturated rings. The van der Waals surface area contributed by atoms with E-state index < -0.39 is 23.4 Å². The van der Waals surface area contributed by atoms with E-state index in [4.69, 9.17) is 9.47 Å². The Balaban J connectivity index is 2.98. The molecule has 0 saturated carbocycles. The van der Waals surface area contributed by atoms with Crippen molar-refractivity contribution in [2.75, 3.05) is 20.3 Å². The molecule has 1 aromatic carbocycles. The van der Waals surface area contributed by atoms with Crippen molar-refractivity contribution >= 4 is 17.8 Å². The molecule has 0 heterocycles. The maximum atomic E-state index is 13.5. The third-order valence-electron chi connectivity index (χ3n) is 2.38. The van der Waals surface area contributed by atoms with Crippen molar-refractivity contribution in [3.63, 3.8) is 0 Å². The molecule has 0 aliphatic heterocycles. The minimum absolute atomic E-state index is 0.0220. The smallest absolute Gasteiger partial charge is 0.341 e. The molecule has 0 aromatic heterocycles. The molecule has 0 saturated heterocycles. The van der Waals surface area contributed by atoms with Gasteiger partial charge in [0.1, 0.15) is 23.8 Å². The van der Waals surface area contributed by atoms with Gasteiger partial charge in [-0.3, -0.25) is 4.79 Å². The number of ether oxygens (including phenoxy) is 2. The van der Waals surface area contributed by atoms with Crippen LogP contribution in [0.3, 0.4) is 0 Å². The van der Waals surface area contributed by atoms with Crippen LogP contribution in [0.25, 0.3) is 6.08 Å². The van der Waals surface area contributed by atoms with Crippen molar-refractivity contribution in [1.29, 1.82) is 0 Å². The lowest BCUT2D eigenvalue weighted by atomic mass is 10.1. The van der Waals surface area contributed by atoms with Gasteiger partial charge in [-0.15, -0.1) is 0 Å². The predicted molar refractivity (Wildman–Crippen MR) is 67.9 cm³/mol. The summed E-state index contributed by atoms with van der Waals surface area (Å²) in [6.45, 7) is 1.32. The molecule has 6 heteroatoms. The molecule has 0 amide bonds. The number of benzene rings is 1. The minimum Gasteiger partial charge on any atom is -0.460 e. The second-order valence-electron chi connectivity index (χ2n) is 3.91. The van der Waals surface area contributed by atoms with E-state index in [1.807, 2.05) is 0 Å². The van der Waals surface area contributed by atoms with Crippen LogP contribution in [-0.4, -0.2) is 32.1 Å². The second-order valence-corrected chi connectivity index (χ2v) is 3.91. The third-order valence-corrected chi connectivity index (χ3v) is 2.38. The summed E-state index contributed by atoms with van der Waals surface area (Å²) < 4.78 is 35.7. The van der Waals surface area contributed by atoms with E-state index in [9.17, 15) is 18.4 Å². The average Bonchev–Trinajstić information content (AvgIpc) is 2.37. The van der Waals surface area contributed by atoms with Crippen LogP contribution in [0, 0.1) is 11.6 Å². The van der Waals surface area contributed by atoms with Crippen LogP contribution in [0.1, 0.15) is 12.5 Å². The average molecular weight is 284 g/mol. The van der Waals surface area contributed by atoms with E-state index in [1.54, 1.807) is 0 Å². The first-order valence-corrected chi connectivity index (χ1v) is 5.79. The first kappa shape index (κ1) is 16.0. The molecule has 0 aliphatic carbocycles. The first-order chi connectivity index (χ1) is 9.45.